The van der Waals surface area contributed by atoms with Crippen molar-refractivity contribution in [3.8, 4) is 17.1 Å². The van der Waals surface area contributed by atoms with Gasteiger partial charge in [0.1, 0.15) is 11.6 Å². The number of nitrogens with zero attached hydrogens (tertiary/aromatic N) is 3. The number of hydrogen-bond acceptors (Lipinski definition) is 6. The maximum atomic E-state index is 12.5. The third-order valence-corrected chi connectivity index (χ3v) is 6.33. The fourth-order valence-corrected chi connectivity index (χ4v) is 4.38. The normalized spacial score (nSPS) is 19.2. The van der Waals surface area contributed by atoms with E-state index in [9.17, 15) is 4.79 Å². The van der Waals surface area contributed by atoms with Crippen LogP contribution in [-0.4, -0.2) is 33.7 Å². The Labute approximate surface area is 195 Å². The summed E-state index contributed by atoms with van der Waals surface area (Å²) in [5.41, 5.74) is 3.98. The number of carbonyl (C=O) groups excluding carboxylic acids is 1. The molecule has 1 unspecified atom stereocenters. The zero-order valence-corrected chi connectivity index (χ0v) is 19.8. The predicted octanol–water partition coefficient (Wildman–Crippen LogP) is 4.91. The molecule has 7 heteroatoms. The quantitative estimate of drug-likeness (QED) is 0.552. The average Bonchev–Trinajstić information content (AvgIpc) is 3.25. The van der Waals surface area contributed by atoms with Crippen LogP contribution in [0.1, 0.15) is 61.3 Å². The molecule has 2 heterocycles. The van der Waals surface area contributed by atoms with Crippen LogP contribution < -0.4 is 10.1 Å². The van der Waals surface area contributed by atoms with Crippen LogP contribution in [0.5, 0.6) is 5.75 Å². The number of ether oxygens (including phenoxy) is 1. The molecule has 0 radical (unpaired) electrons. The Morgan fingerprint density at radius 2 is 1.88 bits per heavy atom. The van der Waals surface area contributed by atoms with E-state index in [1.807, 2.05) is 57.3 Å². The second kappa shape index (κ2) is 10.1. The Morgan fingerprint density at radius 3 is 2.55 bits per heavy atom. The summed E-state index contributed by atoms with van der Waals surface area (Å²) in [6.45, 7) is 8.31. The van der Waals surface area contributed by atoms with E-state index >= 15 is 0 Å². The highest BCUT2D eigenvalue weighted by Crippen LogP contribution is 2.38. The van der Waals surface area contributed by atoms with Gasteiger partial charge in [0, 0.05) is 24.7 Å². The number of benzene rings is 1. The molecule has 33 heavy (non-hydrogen) atoms. The molecule has 4 rings (SSSR count). The van der Waals surface area contributed by atoms with Gasteiger partial charge in [-0.3, -0.25) is 4.79 Å². The Kier molecular flexibility index (Phi) is 7.06. The van der Waals surface area contributed by atoms with Crippen LogP contribution in [0, 0.1) is 26.7 Å². The van der Waals surface area contributed by atoms with E-state index in [2.05, 4.69) is 15.5 Å². The van der Waals surface area contributed by atoms with Crippen molar-refractivity contribution in [2.24, 2.45) is 5.92 Å². The largest absolute Gasteiger partial charge is 0.481 e. The smallest absolute Gasteiger partial charge is 0.260 e. The molecule has 1 N–H and O–H groups in total. The van der Waals surface area contributed by atoms with Gasteiger partial charge in [0.15, 0.2) is 11.9 Å². The molecule has 1 aliphatic rings. The SMILES string of the molecule is Cc1ccc(OC(C)C(=O)NCC2CCC(c3nc(C)ncc3-c3cc(C)no3)CC2)cc1. The second-order valence-electron chi connectivity index (χ2n) is 9.08. The molecule has 1 aliphatic carbocycles. The molecular weight excluding hydrogens is 416 g/mol. The van der Waals surface area contributed by atoms with Crippen molar-refractivity contribution in [1.82, 2.24) is 20.4 Å². The van der Waals surface area contributed by atoms with Gasteiger partial charge in [0.05, 0.1) is 17.0 Å². The number of carbonyl (C=O) groups is 1. The van der Waals surface area contributed by atoms with Crippen molar-refractivity contribution in [1.29, 1.82) is 0 Å². The zero-order valence-electron chi connectivity index (χ0n) is 19.8. The molecule has 1 fully saturated rings. The first-order chi connectivity index (χ1) is 15.9. The summed E-state index contributed by atoms with van der Waals surface area (Å²) < 4.78 is 11.3. The highest BCUT2D eigenvalue weighted by Gasteiger charge is 2.27. The first-order valence-electron chi connectivity index (χ1n) is 11.7. The monoisotopic (exact) mass is 448 g/mol. The lowest BCUT2D eigenvalue weighted by molar-refractivity contribution is -0.127. The van der Waals surface area contributed by atoms with Crippen molar-refractivity contribution in [2.75, 3.05) is 6.54 Å². The minimum atomic E-state index is -0.527. The van der Waals surface area contributed by atoms with Crippen LogP contribution in [-0.2, 0) is 4.79 Å². The average molecular weight is 449 g/mol. The van der Waals surface area contributed by atoms with E-state index in [-0.39, 0.29) is 5.91 Å². The summed E-state index contributed by atoms with van der Waals surface area (Å²) in [5.74, 6) is 2.92. The standard InChI is InChI=1S/C26H32N4O3/c1-16-5-11-22(12-6-16)32-18(3)26(31)28-14-20-7-9-21(10-8-20)25-23(15-27-19(4)29-25)24-13-17(2)30-33-24/h5-6,11-13,15,18,20-21H,7-10,14H2,1-4H3,(H,28,31). The van der Waals surface area contributed by atoms with Crippen LogP contribution >= 0.6 is 0 Å². The van der Waals surface area contributed by atoms with Crippen molar-refractivity contribution in [2.45, 2.75) is 65.4 Å². The fraction of sp³-hybridized carbons (Fsp3) is 0.462. The van der Waals surface area contributed by atoms with Gasteiger partial charge >= 0.3 is 0 Å². The predicted molar refractivity (Wildman–Crippen MR) is 126 cm³/mol. The molecule has 1 amide bonds. The van der Waals surface area contributed by atoms with Gasteiger partial charge in [-0.15, -0.1) is 0 Å². The van der Waals surface area contributed by atoms with E-state index in [0.29, 0.717) is 24.1 Å². The van der Waals surface area contributed by atoms with Gasteiger partial charge in [0.2, 0.25) is 0 Å². The molecule has 2 aromatic heterocycles. The number of hydrogen-bond donors (Lipinski definition) is 1. The van der Waals surface area contributed by atoms with Crippen LogP contribution in [0.25, 0.3) is 11.3 Å². The van der Waals surface area contributed by atoms with Crippen molar-refractivity contribution in [3.63, 3.8) is 0 Å². The molecule has 3 aromatic rings. The van der Waals surface area contributed by atoms with Gasteiger partial charge in [-0.1, -0.05) is 22.9 Å². The van der Waals surface area contributed by atoms with Gasteiger partial charge in [-0.25, -0.2) is 9.97 Å². The van der Waals surface area contributed by atoms with E-state index in [1.54, 1.807) is 6.92 Å². The molecule has 0 saturated heterocycles. The molecular formula is C26H32N4O3. The number of rotatable bonds is 7. The molecule has 0 bridgehead atoms. The first-order valence-corrected chi connectivity index (χ1v) is 11.7. The lowest BCUT2D eigenvalue weighted by Crippen LogP contribution is -2.39. The van der Waals surface area contributed by atoms with Crippen molar-refractivity contribution < 1.29 is 14.1 Å². The summed E-state index contributed by atoms with van der Waals surface area (Å²) in [5, 5.41) is 7.09. The third kappa shape index (κ3) is 5.78. The first kappa shape index (κ1) is 23.0. The topological polar surface area (TPSA) is 90.1 Å². The van der Waals surface area contributed by atoms with Gasteiger partial charge in [0.25, 0.3) is 5.91 Å². The third-order valence-electron chi connectivity index (χ3n) is 6.33. The van der Waals surface area contributed by atoms with Crippen LogP contribution in [0.2, 0.25) is 0 Å². The number of nitrogens with one attached hydrogen (secondary N) is 1. The lowest BCUT2D eigenvalue weighted by Gasteiger charge is -2.29. The Hall–Kier alpha value is -3.22. The van der Waals surface area contributed by atoms with Crippen molar-refractivity contribution in [3.05, 3.63) is 59.3 Å². The maximum absolute atomic E-state index is 12.5. The number of aryl methyl sites for hydroxylation is 3. The molecule has 1 aromatic carbocycles. The second-order valence-corrected chi connectivity index (χ2v) is 9.08. The van der Waals surface area contributed by atoms with Crippen LogP contribution in [0.15, 0.2) is 41.1 Å². The summed E-state index contributed by atoms with van der Waals surface area (Å²) in [6.07, 6.45) is 5.44. The minimum Gasteiger partial charge on any atom is -0.481 e. The maximum Gasteiger partial charge on any atom is 0.260 e. The number of amides is 1. The molecule has 174 valence electrons. The molecule has 1 atom stereocenters. The molecule has 0 aliphatic heterocycles. The van der Waals surface area contributed by atoms with Gasteiger partial charge in [-0.2, -0.15) is 0 Å². The van der Waals surface area contributed by atoms with E-state index in [4.69, 9.17) is 14.2 Å². The van der Waals surface area contributed by atoms with Crippen molar-refractivity contribution >= 4 is 5.91 Å². The summed E-state index contributed by atoms with van der Waals surface area (Å²) in [6, 6.07) is 9.67. The minimum absolute atomic E-state index is 0.0768. The summed E-state index contributed by atoms with van der Waals surface area (Å²) in [4.78, 5) is 21.7. The molecule has 7 nitrogen and oxygen atoms in total. The highest BCUT2D eigenvalue weighted by molar-refractivity contribution is 5.80. The molecule has 0 spiro atoms. The summed E-state index contributed by atoms with van der Waals surface area (Å²) >= 11 is 0. The van der Waals surface area contributed by atoms with E-state index in [0.717, 1.165) is 59.8 Å². The highest BCUT2D eigenvalue weighted by atomic mass is 16.5. The Balaban J connectivity index is 1.30. The zero-order chi connectivity index (χ0) is 23.4. The van der Waals surface area contributed by atoms with E-state index < -0.39 is 6.10 Å². The Bertz CT molecular complexity index is 1090. The van der Waals surface area contributed by atoms with Gasteiger partial charge < -0.3 is 14.6 Å². The van der Waals surface area contributed by atoms with Gasteiger partial charge in [-0.05, 0) is 71.4 Å². The van der Waals surface area contributed by atoms with Crippen LogP contribution in [0.3, 0.4) is 0 Å². The molecule has 1 saturated carbocycles. The van der Waals surface area contributed by atoms with Crippen LogP contribution in [0.4, 0.5) is 0 Å². The summed E-state index contributed by atoms with van der Waals surface area (Å²) in [7, 11) is 0. The van der Waals surface area contributed by atoms with E-state index in [1.165, 1.54) is 0 Å². The fourth-order valence-electron chi connectivity index (χ4n) is 4.38. The Morgan fingerprint density at radius 1 is 1.15 bits per heavy atom. The number of aromatic nitrogens is 3. The lowest BCUT2D eigenvalue weighted by atomic mass is 9.79.